The minimum Gasteiger partial charge on any atom is -0.361 e. The number of benzene rings is 1. The molecule has 1 saturated heterocycles. The van der Waals surface area contributed by atoms with Crippen molar-refractivity contribution in [2.75, 3.05) is 5.75 Å². The summed E-state index contributed by atoms with van der Waals surface area (Å²) in [5.41, 5.74) is 2.58. The molecule has 0 spiro atoms. The number of thioether (sulfide) groups is 1. The fourth-order valence-electron chi connectivity index (χ4n) is 1.72. The second kappa shape index (κ2) is 5.58. The molecule has 0 aromatic heterocycles. The van der Waals surface area contributed by atoms with E-state index in [1.807, 2.05) is 11.8 Å². The topological polar surface area (TPSA) is 24.4 Å². The van der Waals surface area contributed by atoms with Gasteiger partial charge < -0.3 is 5.32 Å². The van der Waals surface area contributed by atoms with E-state index in [9.17, 15) is 0 Å². The van der Waals surface area contributed by atoms with E-state index in [1.165, 1.54) is 11.1 Å². The average Bonchev–Trinajstić information content (AvgIpc) is 2.77. The van der Waals surface area contributed by atoms with Crippen LogP contribution in [-0.2, 0) is 6.54 Å². The first-order valence-corrected chi connectivity index (χ1v) is 7.13. The zero-order valence-corrected chi connectivity index (χ0v) is 11.6. The molecule has 0 saturated carbocycles. The summed E-state index contributed by atoms with van der Waals surface area (Å²) < 4.78 is 0. The summed E-state index contributed by atoms with van der Waals surface area (Å²) in [4.78, 5) is 4.62. The number of nitrogens with one attached hydrogen (secondary N) is 1. The lowest BCUT2D eigenvalue weighted by molar-refractivity contribution is 0.503. The van der Waals surface area contributed by atoms with Gasteiger partial charge in [-0.05, 0) is 18.4 Å². The van der Waals surface area contributed by atoms with Gasteiger partial charge in [0.1, 0.15) is 0 Å². The van der Waals surface area contributed by atoms with Crippen molar-refractivity contribution in [2.45, 2.75) is 33.4 Å². The van der Waals surface area contributed by atoms with E-state index in [0.717, 1.165) is 17.5 Å². The lowest BCUT2D eigenvalue weighted by atomic mass is 10.1. The number of nitrogens with zero attached hydrogens (tertiary/aromatic N) is 1. The third-order valence-corrected chi connectivity index (χ3v) is 4.09. The van der Waals surface area contributed by atoms with Gasteiger partial charge in [0, 0.05) is 11.8 Å². The predicted molar refractivity (Wildman–Crippen MR) is 76.5 cm³/mol. The van der Waals surface area contributed by atoms with Crippen molar-refractivity contribution >= 4 is 16.9 Å². The van der Waals surface area contributed by atoms with Gasteiger partial charge >= 0.3 is 0 Å². The van der Waals surface area contributed by atoms with Crippen LogP contribution < -0.4 is 5.32 Å². The molecule has 1 unspecified atom stereocenters. The van der Waals surface area contributed by atoms with Crippen molar-refractivity contribution in [1.82, 2.24) is 5.32 Å². The molecule has 0 aliphatic carbocycles. The Kier molecular flexibility index (Phi) is 4.11. The maximum absolute atomic E-state index is 4.62. The molecular weight excluding hydrogens is 228 g/mol. The normalized spacial score (nSPS) is 22.1. The molecule has 1 aromatic rings. The van der Waals surface area contributed by atoms with E-state index in [4.69, 9.17) is 0 Å². The SMILES string of the molecule is Cc1ccc(CN=C2NC(C(C)C)CS2)cc1. The first-order valence-electron chi connectivity index (χ1n) is 6.14. The molecule has 1 aliphatic rings. The number of aryl methyl sites for hydroxylation is 1. The maximum atomic E-state index is 4.62. The minimum absolute atomic E-state index is 0.580. The van der Waals surface area contributed by atoms with Crippen molar-refractivity contribution in [2.24, 2.45) is 10.9 Å². The van der Waals surface area contributed by atoms with Crippen LogP contribution in [-0.4, -0.2) is 17.0 Å². The van der Waals surface area contributed by atoms with Crippen molar-refractivity contribution in [1.29, 1.82) is 0 Å². The van der Waals surface area contributed by atoms with Crippen molar-refractivity contribution in [3.63, 3.8) is 0 Å². The summed E-state index contributed by atoms with van der Waals surface area (Å²) >= 11 is 1.84. The fraction of sp³-hybridized carbons (Fsp3) is 0.500. The fourth-order valence-corrected chi connectivity index (χ4v) is 2.91. The second-order valence-electron chi connectivity index (χ2n) is 4.91. The van der Waals surface area contributed by atoms with Crippen molar-refractivity contribution in [3.8, 4) is 0 Å². The maximum Gasteiger partial charge on any atom is 0.157 e. The molecule has 0 amide bonds. The third kappa shape index (κ3) is 3.50. The molecule has 0 radical (unpaired) electrons. The van der Waals surface area contributed by atoms with Gasteiger partial charge in [-0.15, -0.1) is 0 Å². The van der Waals surface area contributed by atoms with Crippen LogP contribution in [0.25, 0.3) is 0 Å². The number of hydrogen-bond donors (Lipinski definition) is 1. The Morgan fingerprint density at radius 2 is 2.06 bits per heavy atom. The quantitative estimate of drug-likeness (QED) is 0.888. The molecule has 0 bridgehead atoms. The molecule has 1 atom stereocenters. The van der Waals surface area contributed by atoms with E-state index in [0.29, 0.717) is 12.0 Å². The molecule has 17 heavy (non-hydrogen) atoms. The number of amidine groups is 1. The highest BCUT2D eigenvalue weighted by atomic mass is 32.2. The molecule has 3 heteroatoms. The summed E-state index contributed by atoms with van der Waals surface area (Å²) in [7, 11) is 0. The first-order chi connectivity index (χ1) is 8.15. The van der Waals surface area contributed by atoms with Crippen molar-refractivity contribution < 1.29 is 0 Å². The van der Waals surface area contributed by atoms with Crippen LogP contribution in [0.3, 0.4) is 0 Å². The van der Waals surface area contributed by atoms with E-state index >= 15 is 0 Å². The number of hydrogen-bond acceptors (Lipinski definition) is 2. The monoisotopic (exact) mass is 248 g/mol. The summed E-state index contributed by atoms with van der Waals surface area (Å²) in [5, 5.41) is 4.59. The van der Waals surface area contributed by atoms with Gasteiger partial charge in [0.05, 0.1) is 6.54 Å². The van der Waals surface area contributed by atoms with Crippen LogP contribution >= 0.6 is 11.8 Å². The number of rotatable bonds is 3. The van der Waals surface area contributed by atoms with Crippen LogP contribution in [0.4, 0.5) is 0 Å². The van der Waals surface area contributed by atoms with Gasteiger partial charge in [0.2, 0.25) is 0 Å². The molecule has 2 rings (SSSR count). The van der Waals surface area contributed by atoms with E-state index in [1.54, 1.807) is 0 Å². The second-order valence-corrected chi connectivity index (χ2v) is 5.92. The highest BCUT2D eigenvalue weighted by Crippen LogP contribution is 2.19. The highest BCUT2D eigenvalue weighted by Gasteiger charge is 2.22. The van der Waals surface area contributed by atoms with Gasteiger partial charge in [-0.25, -0.2) is 0 Å². The van der Waals surface area contributed by atoms with Gasteiger partial charge in [-0.3, -0.25) is 4.99 Å². The Bertz CT molecular complexity index is 395. The molecule has 1 N–H and O–H groups in total. The largest absolute Gasteiger partial charge is 0.361 e. The lowest BCUT2D eigenvalue weighted by Gasteiger charge is -2.13. The molecule has 1 aliphatic heterocycles. The predicted octanol–water partition coefficient (Wildman–Crippen LogP) is 3.21. The molecular formula is C14H20N2S. The first kappa shape index (κ1) is 12.5. The summed E-state index contributed by atoms with van der Waals surface area (Å²) in [5.74, 6) is 1.82. The zero-order chi connectivity index (χ0) is 12.3. The average molecular weight is 248 g/mol. The molecule has 1 heterocycles. The Hall–Kier alpha value is -0.960. The lowest BCUT2D eigenvalue weighted by Crippen LogP contribution is -2.31. The van der Waals surface area contributed by atoms with Gasteiger partial charge in [-0.1, -0.05) is 55.4 Å². The zero-order valence-electron chi connectivity index (χ0n) is 10.7. The third-order valence-electron chi connectivity index (χ3n) is 3.04. The molecule has 2 nitrogen and oxygen atoms in total. The molecule has 92 valence electrons. The Balaban J connectivity index is 1.91. The molecule has 1 fully saturated rings. The van der Waals surface area contributed by atoms with Crippen LogP contribution in [0, 0.1) is 12.8 Å². The minimum atomic E-state index is 0.580. The Morgan fingerprint density at radius 3 is 2.65 bits per heavy atom. The van der Waals surface area contributed by atoms with Gasteiger partial charge in [0.25, 0.3) is 0 Å². The summed E-state index contributed by atoms with van der Waals surface area (Å²) in [6.45, 7) is 7.39. The number of aliphatic imine (C=N–C) groups is 1. The van der Waals surface area contributed by atoms with E-state index in [2.05, 4.69) is 55.3 Å². The Labute approximate surface area is 108 Å². The highest BCUT2D eigenvalue weighted by molar-refractivity contribution is 8.14. The smallest absolute Gasteiger partial charge is 0.157 e. The van der Waals surface area contributed by atoms with Crippen molar-refractivity contribution in [3.05, 3.63) is 35.4 Å². The summed E-state index contributed by atoms with van der Waals surface area (Å²) in [6, 6.07) is 9.16. The van der Waals surface area contributed by atoms with Crippen LogP contribution in [0.5, 0.6) is 0 Å². The van der Waals surface area contributed by atoms with Crippen LogP contribution in [0.2, 0.25) is 0 Å². The Morgan fingerprint density at radius 1 is 1.35 bits per heavy atom. The van der Waals surface area contributed by atoms with Gasteiger partial charge in [-0.2, -0.15) is 0 Å². The summed E-state index contributed by atoms with van der Waals surface area (Å²) in [6.07, 6.45) is 0. The van der Waals surface area contributed by atoms with Gasteiger partial charge in [0.15, 0.2) is 5.17 Å². The van der Waals surface area contributed by atoms with Crippen LogP contribution in [0.1, 0.15) is 25.0 Å². The molecule has 1 aromatic carbocycles. The van der Waals surface area contributed by atoms with E-state index in [-0.39, 0.29) is 0 Å². The van der Waals surface area contributed by atoms with Crippen LogP contribution in [0.15, 0.2) is 29.3 Å². The van der Waals surface area contributed by atoms with E-state index < -0.39 is 0 Å². The standard InChI is InChI=1S/C14H20N2S/c1-10(2)13-9-17-14(16-13)15-8-12-6-4-11(3)5-7-12/h4-7,10,13H,8-9H2,1-3H3,(H,15,16).